The zero-order chi connectivity index (χ0) is 10.9. The number of urea groups is 1. The minimum Gasteiger partial charge on any atom is -0.352 e. The molecule has 0 aliphatic heterocycles. The molecule has 3 N–H and O–H groups in total. The van der Waals surface area contributed by atoms with Gasteiger partial charge in [0.05, 0.1) is 0 Å². The van der Waals surface area contributed by atoms with Crippen molar-refractivity contribution in [3.05, 3.63) is 35.4 Å². The second kappa shape index (κ2) is 3.57. The molecule has 80 valence electrons. The fraction of sp³-hybridized carbons (Fsp3) is 0.417. The molecule has 3 heteroatoms. The summed E-state index contributed by atoms with van der Waals surface area (Å²) in [6, 6.07) is 8.07. The molecule has 0 radical (unpaired) electrons. The molecular weight excluding hydrogens is 188 g/mol. The van der Waals surface area contributed by atoms with Gasteiger partial charge in [-0.2, -0.15) is 0 Å². The number of carbonyl (C=O) groups excluding carboxylic acids is 1. The Morgan fingerprint density at radius 3 is 2.47 bits per heavy atom. The van der Waals surface area contributed by atoms with Crippen molar-refractivity contribution in [2.45, 2.75) is 25.2 Å². The number of hydrogen-bond donors (Lipinski definition) is 2. The molecule has 0 spiro atoms. The maximum Gasteiger partial charge on any atom is 0.312 e. The van der Waals surface area contributed by atoms with Gasteiger partial charge >= 0.3 is 6.03 Å². The van der Waals surface area contributed by atoms with Gasteiger partial charge in [0.25, 0.3) is 0 Å². The topological polar surface area (TPSA) is 55.1 Å². The summed E-state index contributed by atoms with van der Waals surface area (Å²) in [6.45, 7) is 2.73. The summed E-state index contributed by atoms with van der Waals surface area (Å²) in [5, 5.41) is 2.70. The van der Waals surface area contributed by atoms with Gasteiger partial charge in [-0.3, -0.25) is 0 Å². The van der Waals surface area contributed by atoms with Gasteiger partial charge < -0.3 is 11.1 Å². The van der Waals surface area contributed by atoms with Gasteiger partial charge in [-0.1, -0.05) is 29.8 Å². The highest BCUT2D eigenvalue weighted by Crippen LogP contribution is 2.47. The summed E-state index contributed by atoms with van der Waals surface area (Å²) in [4.78, 5) is 10.7. The monoisotopic (exact) mass is 204 g/mol. The molecule has 2 amide bonds. The smallest absolute Gasteiger partial charge is 0.312 e. The number of nitrogens with two attached hydrogens (primary N) is 1. The first kappa shape index (κ1) is 10.0. The molecule has 0 aromatic heterocycles. The number of amides is 2. The third-order valence-corrected chi connectivity index (χ3v) is 3.12. The summed E-state index contributed by atoms with van der Waals surface area (Å²) in [6.07, 6.45) is 2.27. The van der Waals surface area contributed by atoms with E-state index in [9.17, 15) is 4.79 Å². The van der Waals surface area contributed by atoms with E-state index in [0.717, 1.165) is 12.8 Å². The van der Waals surface area contributed by atoms with E-state index in [1.165, 1.54) is 11.1 Å². The second-order valence-electron chi connectivity index (χ2n) is 4.36. The number of benzene rings is 1. The van der Waals surface area contributed by atoms with E-state index in [4.69, 9.17) is 5.73 Å². The molecule has 1 aliphatic rings. The highest BCUT2D eigenvalue weighted by molar-refractivity contribution is 5.71. The SMILES string of the molecule is Cc1ccc(C2(CNC(N)=O)CC2)cc1. The van der Waals surface area contributed by atoms with Crippen LogP contribution in [0.25, 0.3) is 0 Å². The molecule has 0 bridgehead atoms. The lowest BCUT2D eigenvalue weighted by atomic mass is 9.95. The summed E-state index contributed by atoms with van der Waals surface area (Å²) in [5.74, 6) is 0. The van der Waals surface area contributed by atoms with E-state index in [1.54, 1.807) is 0 Å². The van der Waals surface area contributed by atoms with Gasteiger partial charge in [0.1, 0.15) is 0 Å². The van der Waals surface area contributed by atoms with Gasteiger partial charge in [0.15, 0.2) is 0 Å². The fourth-order valence-corrected chi connectivity index (χ4v) is 1.88. The van der Waals surface area contributed by atoms with E-state index in [-0.39, 0.29) is 5.41 Å². The quantitative estimate of drug-likeness (QED) is 0.773. The summed E-state index contributed by atoms with van der Waals surface area (Å²) < 4.78 is 0. The van der Waals surface area contributed by atoms with Crippen LogP contribution in [0.2, 0.25) is 0 Å². The summed E-state index contributed by atoms with van der Waals surface area (Å²) >= 11 is 0. The Morgan fingerprint density at radius 2 is 2.00 bits per heavy atom. The molecule has 0 heterocycles. The zero-order valence-corrected chi connectivity index (χ0v) is 8.92. The number of aryl methyl sites for hydroxylation is 1. The van der Waals surface area contributed by atoms with Gasteiger partial charge in [-0.25, -0.2) is 4.79 Å². The van der Waals surface area contributed by atoms with Gasteiger partial charge in [0, 0.05) is 12.0 Å². The lowest BCUT2D eigenvalue weighted by molar-refractivity contribution is 0.248. The standard InChI is InChI=1S/C12H16N2O/c1-9-2-4-10(5-3-9)12(6-7-12)8-14-11(13)15/h2-5H,6-8H2,1H3,(H3,13,14,15). The van der Waals surface area contributed by atoms with Gasteiger partial charge in [-0.15, -0.1) is 0 Å². The molecule has 0 atom stereocenters. The molecule has 2 rings (SSSR count). The van der Waals surface area contributed by atoms with Crippen LogP contribution in [0.5, 0.6) is 0 Å². The first-order valence-electron chi connectivity index (χ1n) is 5.23. The minimum atomic E-state index is -0.437. The Kier molecular flexibility index (Phi) is 2.39. The largest absolute Gasteiger partial charge is 0.352 e. The van der Waals surface area contributed by atoms with Crippen LogP contribution in [-0.2, 0) is 5.41 Å². The van der Waals surface area contributed by atoms with Crippen LogP contribution < -0.4 is 11.1 Å². The Labute approximate surface area is 89.7 Å². The van der Waals surface area contributed by atoms with Crippen LogP contribution in [-0.4, -0.2) is 12.6 Å². The van der Waals surface area contributed by atoms with Crippen molar-refractivity contribution in [3.63, 3.8) is 0 Å². The minimum absolute atomic E-state index is 0.155. The molecule has 1 aromatic rings. The molecule has 15 heavy (non-hydrogen) atoms. The molecule has 0 saturated heterocycles. The summed E-state index contributed by atoms with van der Waals surface area (Å²) in [5.41, 5.74) is 7.80. The number of nitrogens with one attached hydrogen (secondary N) is 1. The maximum absolute atomic E-state index is 10.7. The van der Waals surface area contributed by atoms with Crippen molar-refractivity contribution < 1.29 is 4.79 Å². The number of rotatable bonds is 3. The normalized spacial score (nSPS) is 17.1. The van der Waals surface area contributed by atoms with Crippen LogP contribution in [0, 0.1) is 6.92 Å². The lowest BCUT2D eigenvalue weighted by Gasteiger charge is -2.15. The maximum atomic E-state index is 10.7. The lowest BCUT2D eigenvalue weighted by Crippen LogP contribution is -2.35. The van der Waals surface area contributed by atoms with Crippen LogP contribution in [0.4, 0.5) is 4.79 Å². The first-order valence-corrected chi connectivity index (χ1v) is 5.23. The Bertz CT molecular complexity index is 366. The second-order valence-corrected chi connectivity index (χ2v) is 4.36. The Hall–Kier alpha value is -1.51. The van der Waals surface area contributed by atoms with E-state index in [0.29, 0.717) is 6.54 Å². The van der Waals surface area contributed by atoms with Crippen molar-refractivity contribution in [3.8, 4) is 0 Å². The molecule has 1 aliphatic carbocycles. The average molecular weight is 204 g/mol. The van der Waals surface area contributed by atoms with Crippen LogP contribution in [0.15, 0.2) is 24.3 Å². The molecule has 1 saturated carbocycles. The molecule has 1 fully saturated rings. The molecule has 0 unspecified atom stereocenters. The molecule has 1 aromatic carbocycles. The number of primary amides is 1. The Morgan fingerprint density at radius 1 is 1.40 bits per heavy atom. The van der Waals surface area contributed by atoms with E-state index in [1.807, 2.05) is 0 Å². The van der Waals surface area contributed by atoms with Crippen molar-refractivity contribution in [2.24, 2.45) is 5.73 Å². The molecule has 3 nitrogen and oxygen atoms in total. The predicted octanol–water partition coefficient (Wildman–Crippen LogP) is 1.69. The number of hydrogen-bond acceptors (Lipinski definition) is 1. The highest BCUT2D eigenvalue weighted by Gasteiger charge is 2.44. The average Bonchev–Trinajstić information content (AvgIpc) is 2.97. The van der Waals surface area contributed by atoms with E-state index in [2.05, 4.69) is 36.5 Å². The summed E-state index contributed by atoms with van der Waals surface area (Å²) in [7, 11) is 0. The zero-order valence-electron chi connectivity index (χ0n) is 8.92. The van der Waals surface area contributed by atoms with Crippen LogP contribution >= 0.6 is 0 Å². The van der Waals surface area contributed by atoms with Crippen molar-refractivity contribution in [1.82, 2.24) is 5.32 Å². The fourth-order valence-electron chi connectivity index (χ4n) is 1.88. The third kappa shape index (κ3) is 2.12. The van der Waals surface area contributed by atoms with Crippen molar-refractivity contribution in [1.29, 1.82) is 0 Å². The van der Waals surface area contributed by atoms with Crippen LogP contribution in [0.1, 0.15) is 24.0 Å². The first-order chi connectivity index (χ1) is 7.12. The molecular formula is C12H16N2O. The van der Waals surface area contributed by atoms with Gasteiger partial charge in [0.2, 0.25) is 0 Å². The predicted molar refractivity (Wildman–Crippen MR) is 59.7 cm³/mol. The number of carbonyl (C=O) groups is 1. The van der Waals surface area contributed by atoms with E-state index >= 15 is 0 Å². The van der Waals surface area contributed by atoms with Gasteiger partial charge in [-0.05, 0) is 25.3 Å². The third-order valence-electron chi connectivity index (χ3n) is 3.12. The van der Waals surface area contributed by atoms with E-state index < -0.39 is 6.03 Å². The highest BCUT2D eigenvalue weighted by atomic mass is 16.2. The Balaban J connectivity index is 2.09. The van der Waals surface area contributed by atoms with Crippen molar-refractivity contribution in [2.75, 3.05) is 6.54 Å². The van der Waals surface area contributed by atoms with Crippen LogP contribution in [0.3, 0.4) is 0 Å². The van der Waals surface area contributed by atoms with Crippen molar-refractivity contribution >= 4 is 6.03 Å².